The Morgan fingerprint density at radius 2 is 2.15 bits per heavy atom. The minimum Gasteiger partial charge on any atom is -0.369 e. The van der Waals surface area contributed by atoms with Gasteiger partial charge in [-0.05, 0) is 18.4 Å². The molecule has 0 bridgehead atoms. The van der Waals surface area contributed by atoms with Crippen LogP contribution in [0.5, 0.6) is 0 Å². The lowest BCUT2D eigenvalue weighted by atomic mass is 10.3. The number of aryl methyl sites for hydroxylation is 1. The molecule has 4 N–H and O–H groups in total. The molecule has 0 spiro atoms. The Kier molecular flexibility index (Phi) is 3.77. The second kappa shape index (κ2) is 5.70. The molecule has 3 heterocycles. The second-order valence-corrected chi connectivity index (χ2v) is 6.17. The van der Waals surface area contributed by atoms with Gasteiger partial charge in [-0.15, -0.1) is 22.7 Å². The molecule has 0 unspecified atom stereocenters. The summed E-state index contributed by atoms with van der Waals surface area (Å²) in [5.74, 6) is 6.62. The zero-order chi connectivity index (χ0) is 13.9. The number of hydrogen-bond acceptors (Lipinski definition) is 8. The number of rotatable bonds is 5. The Morgan fingerprint density at radius 1 is 1.25 bits per heavy atom. The van der Waals surface area contributed by atoms with Crippen molar-refractivity contribution in [3.63, 3.8) is 0 Å². The molecule has 0 aliphatic heterocycles. The summed E-state index contributed by atoms with van der Waals surface area (Å²) in [5, 5.41) is 9.52. The van der Waals surface area contributed by atoms with Gasteiger partial charge in [0.2, 0.25) is 5.95 Å². The number of nitrogens with two attached hydrogens (primary N) is 1. The molecule has 0 radical (unpaired) electrons. The van der Waals surface area contributed by atoms with Gasteiger partial charge < -0.3 is 5.32 Å². The minimum atomic E-state index is 0.423. The molecule has 0 atom stereocenters. The molecule has 3 aromatic rings. The number of nitrogens with zero attached hydrogens (tertiary/aromatic N) is 3. The number of aromatic nitrogens is 3. The normalized spacial score (nSPS) is 10.9. The molecule has 0 amide bonds. The Bertz CT molecular complexity index is 720. The molecule has 0 aliphatic carbocycles. The topological polar surface area (TPSA) is 88.8 Å². The van der Waals surface area contributed by atoms with Crippen LogP contribution in [0.15, 0.2) is 16.8 Å². The Balaban J connectivity index is 1.74. The van der Waals surface area contributed by atoms with Gasteiger partial charge in [0.15, 0.2) is 0 Å². The summed E-state index contributed by atoms with van der Waals surface area (Å²) in [6, 6.07) is 2.01. The van der Waals surface area contributed by atoms with Gasteiger partial charge in [0.05, 0.1) is 16.1 Å². The zero-order valence-electron chi connectivity index (χ0n) is 10.9. The Hall–Kier alpha value is -1.77. The number of nitrogen functional groups attached to an aromatic ring is 1. The van der Waals surface area contributed by atoms with Gasteiger partial charge in [0, 0.05) is 18.3 Å². The lowest BCUT2D eigenvalue weighted by Crippen LogP contribution is -2.13. The molecule has 3 rings (SSSR count). The van der Waals surface area contributed by atoms with Gasteiger partial charge in [0.25, 0.3) is 0 Å². The maximum atomic E-state index is 5.39. The van der Waals surface area contributed by atoms with Gasteiger partial charge in [-0.3, -0.25) is 5.43 Å². The number of hydrogen-bond donors (Lipinski definition) is 3. The van der Waals surface area contributed by atoms with Crippen molar-refractivity contribution >= 4 is 44.7 Å². The van der Waals surface area contributed by atoms with Crippen molar-refractivity contribution in [2.75, 3.05) is 17.3 Å². The van der Waals surface area contributed by atoms with Crippen molar-refractivity contribution in [1.29, 1.82) is 0 Å². The van der Waals surface area contributed by atoms with E-state index in [1.165, 1.54) is 0 Å². The molecule has 20 heavy (non-hydrogen) atoms. The van der Waals surface area contributed by atoms with Crippen LogP contribution >= 0.6 is 22.7 Å². The van der Waals surface area contributed by atoms with Crippen LogP contribution in [-0.2, 0) is 6.42 Å². The van der Waals surface area contributed by atoms with E-state index in [9.17, 15) is 0 Å². The molecule has 0 aromatic carbocycles. The summed E-state index contributed by atoms with van der Waals surface area (Å²) in [4.78, 5) is 14.0. The average Bonchev–Trinajstić information content (AvgIpc) is 3.07. The van der Waals surface area contributed by atoms with E-state index in [0.717, 1.165) is 39.7 Å². The van der Waals surface area contributed by atoms with Crippen LogP contribution in [0.4, 0.5) is 11.8 Å². The van der Waals surface area contributed by atoms with E-state index in [2.05, 4.69) is 31.1 Å². The first kappa shape index (κ1) is 13.2. The highest BCUT2D eigenvalue weighted by Crippen LogP contribution is 2.26. The van der Waals surface area contributed by atoms with E-state index in [1.54, 1.807) is 22.7 Å². The van der Waals surface area contributed by atoms with E-state index in [-0.39, 0.29) is 0 Å². The maximum absolute atomic E-state index is 5.39. The molecule has 104 valence electrons. The molecule has 0 fully saturated rings. The largest absolute Gasteiger partial charge is 0.369 e. The summed E-state index contributed by atoms with van der Waals surface area (Å²) in [7, 11) is 0. The molecular weight excluding hydrogens is 292 g/mol. The molecule has 8 heteroatoms. The Morgan fingerprint density at radius 3 is 2.90 bits per heavy atom. The highest BCUT2D eigenvalue weighted by molar-refractivity contribution is 7.16. The van der Waals surface area contributed by atoms with E-state index < -0.39 is 0 Å². The van der Waals surface area contributed by atoms with Crippen molar-refractivity contribution in [3.8, 4) is 0 Å². The molecular formula is C12H14N6S2. The highest BCUT2D eigenvalue weighted by atomic mass is 32.1. The van der Waals surface area contributed by atoms with E-state index >= 15 is 0 Å². The van der Waals surface area contributed by atoms with E-state index in [0.29, 0.717) is 5.95 Å². The fourth-order valence-corrected chi connectivity index (χ4v) is 3.30. The van der Waals surface area contributed by atoms with Crippen molar-refractivity contribution in [3.05, 3.63) is 27.5 Å². The van der Waals surface area contributed by atoms with Crippen LogP contribution in [-0.4, -0.2) is 21.5 Å². The number of fused-ring (bicyclic) bond motifs is 1. The monoisotopic (exact) mass is 306 g/mol. The van der Waals surface area contributed by atoms with Crippen molar-refractivity contribution in [2.24, 2.45) is 5.84 Å². The van der Waals surface area contributed by atoms with E-state index in [1.807, 2.05) is 18.4 Å². The number of thiazole rings is 1. The summed E-state index contributed by atoms with van der Waals surface area (Å²) >= 11 is 3.24. The number of hydrazine groups is 1. The van der Waals surface area contributed by atoms with Crippen molar-refractivity contribution < 1.29 is 0 Å². The van der Waals surface area contributed by atoms with Crippen LogP contribution in [0, 0.1) is 6.92 Å². The first-order chi connectivity index (χ1) is 9.76. The lowest BCUT2D eigenvalue weighted by molar-refractivity contribution is 0.961. The summed E-state index contributed by atoms with van der Waals surface area (Å²) in [5.41, 5.74) is 3.60. The summed E-state index contributed by atoms with van der Waals surface area (Å²) in [6.07, 6.45) is 0.866. The smallest absolute Gasteiger partial charge is 0.240 e. The molecule has 6 nitrogen and oxygen atoms in total. The number of thiophene rings is 1. The Labute approximate surface area is 124 Å². The molecule has 0 saturated heterocycles. The third kappa shape index (κ3) is 2.72. The first-order valence-corrected chi connectivity index (χ1v) is 7.89. The summed E-state index contributed by atoms with van der Waals surface area (Å²) in [6.45, 7) is 2.79. The molecule has 3 aromatic heterocycles. The number of anilines is 2. The number of nitrogens with one attached hydrogen (secondary N) is 2. The van der Waals surface area contributed by atoms with Crippen molar-refractivity contribution in [2.45, 2.75) is 13.3 Å². The van der Waals surface area contributed by atoms with Gasteiger partial charge in [-0.25, -0.2) is 15.8 Å². The SMILES string of the molecule is Cc1nc(CCNc2nc(NN)nc3sccc23)cs1. The van der Waals surface area contributed by atoms with Gasteiger partial charge >= 0.3 is 0 Å². The predicted molar refractivity (Wildman–Crippen MR) is 84.3 cm³/mol. The highest BCUT2D eigenvalue weighted by Gasteiger charge is 2.08. The van der Waals surface area contributed by atoms with Crippen LogP contribution in [0.2, 0.25) is 0 Å². The van der Waals surface area contributed by atoms with Gasteiger partial charge in [0.1, 0.15) is 10.6 Å². The predicted octanol–water partition coefficient (Wildman–Crippen LogP) is 2.40. The third-order valence-corrected chi connectivity index (χ3v) is 4.42. The van der Waals surface area contributed by atoms with Crippen LogP contribution < -0.4 is 16.6 Å². The van der Waals surface area contributed by atoms with E-state index in [4.69, 9.17) is 5.84 Å². The fraction of sp³-hybridized carbons (Fsp3) is 0.250. The third-order valence-electron chi connectivity index (χ3n) is 2.79. The van der Waals surface area contributed by atoms with Crippen molar-refractivity contribution in [1.82, 2.24) is 15.0 Å². The maximum Gasteiger partial charge on any atom is 0.240 e. The molecule has 0 saturated carbocycles. The van der Waals surface area contributed by atoms with Crippen LogP contribution in [0.1, 0.15) is 10.7 Å². The van der Waals surface area contributed by atoms with Crippen LogP contribution in [0.25, 0.3) is 10.2 Å². The standard InChI is InChI=1S/C12H14N6S2/c1-7-15-8(6-20-7)2-4-14-10-9-3-5-19-11(9)17-12(16-10)18-13/h3,5-6H,2,4,13H2,1H3,(H2,14,16,17,18). The minimum absolute atomic E-state index is 0.423. The second-order valence-electron chi connectivity index (χ2n) is 4.21. The zero-order valence-corrected chi connectivity index (χ0v) is 12.5. The fourth-order valence-electron chi connectivity index (χ4n) is 1.89. The lowest BCUT2D eigenvalue weighted by Gasteiger charge is -2.07. The quantitative estimate of drug-likeness (QED) is 0.495. The van der Waals surface area contributed by atoms with Gasteiger partial charge in [-0.2, -0.15) is 4.98 Å². The summed E-state index contributed by atoms with van der Waals surface area (Å²) < 4.78 is 0. The van der Waals surface area contributed by atoms with Gasteiger partial charge in [-0.1, -0.05) is 0 Å². The molecule has 0 aliphatic rings. The van der Waals surface area contributed by atoms with Crippen LogP contribution in [0.3, 0.4) is 0 Å². The first-order valence-electron chi connectivity index (χ1n) is 6.13. The average molecular weight is 306 g/mol.